The Morgan fingerprint density at radius 2 is 2.15 bits per heavy atom. The van der Waals surface area contributed by atoms with Gasteiger partial charge in [0.2, 0.25) is 0 Å². The molecule has 0 spiro atoms. The first-order valence-corrected chi connectivity index (χ1v) is 4.71. The lowest BCUT2D eigenvalue weighted by Crippen LogP contribution is -2.36. The number of alkyl carbamates (subject to hydrolysis) is 1. The molecule has 0 rings (SSSR count). The highest BCUT2D eigenvalue weighted by Crippen LogP contribution is 1.87. The summed E-state index contributed by atoms with van der Waals surface area (Å²) in [6.45, 7) is 7.41. The Bertz CT molecular complexity index is 139. The van der Waals surface area contributed by atoms with Gasteiger partial charge in [0.05, 0.1) is 19.3 Å². The number of rotatable bonds is 6. The molecule has 78 valence electrons. The first kappa shape index (κ1) is 12.2. The van der Waals surface area contributed by atoms with Crippen molar-refractivity contribution >= 4 is 6.09 Å². The van der Waals surface area contributed by atoms with Crippen LogP contribution in [0.3, 0.4) is 0 Å². The fourth-order valence-electron chi connectivity index (χ4n) is 0.774. The van der Waals surface area contributed by atoms with Crippen LogP contribution >= 0.6 is 0 Å². The molecule has 0 saturated heterocycles. The maximum Gasteiger partial charge on any atom is 0.407 e. The van der Waals surface area contributed by atoms with Gasteiger partial charge in [0.15, 0.2) is 0 Å². The summed E-state index contributed by atoms with van der Waals surface area (Å²) in [6, 6.07) is 0.00399. The summed E-state index contributed by atoms with van der Waals surface area (Å²) in [5.74, 6) is 0. The molecule has 0 saturated carbocycles. The molecule has 0 fully saturated rings. The van der Waals surface area contributed by atoms with Gasteiger partial charge in [-0.15, -0.1) is 0 Å². The Morgan fingerprint density at radius 1 is 1.46 bits per heavy atom. The largest absolute Gasteiger partial charge is 0.450 e. The van der Waals surface area contributed by atoms with Gasteiger partial charge in [-0.2, -0.15) is 0 Å². The fourth-order valence-corrected chi connectivity index (χ4v) is 0.774. The van der Waals surface area contributed by atoms with E-state index in [1.165, 1.54) is 0 Å². The summed E-state index contributed by atoms with van der Waals surface area (Å²) < 4.78 is 9.97. The molecule has 13 heavy (non-hydrogen) atoms. The predicted molar refractivity (Wildman–Crippen MR) is 50.7 cm³/mol. The van der Waals surface area contributed by atoms with Crippen molar-refractivity contribution in [1.82, 2.24) is 5.32 Å². The highest BCUT2D eigenvalue weighted by Gasteiger charge is 2.06. The van der Waals surface area contributed by atoms with E-state index in [2.05, 4.69) is 5.32 Å². The molecule has 0 radical (unpaired) electrons. The highest BCUT2D eigenvalue weighted by atomic mass is 16.5. The first-order chi connectivity index (χ1) is 6.20. The third kappa shape index (κ3) is 7.59. The van der Waals surface area contributed by atoms with E-state index in [0.717, 1.165) is 6.42 Å². The molecule has 0 aromatic carbocycles. The lowest BCUT2D eigenvalue weighted by atomic mass is 10.4. The van der Waals surface area contributed by atoms with Gasteiger partial charge in [-0.25, -0.2) is 4.79 Å². The molecule has 1 unspecified atom stereocenters. The molecule has 0 aromatic rings. The Kier molecular flexibility index (Phi) is 7.39. The van der Waals surface area contributed by atoms with E-state index >= 15 is 0 Å². The van der Waals surface area contributed by atoms with Gasteiger partial charge in [0.25, 0.3) is 0 Å². The summed E-state index contributed by atoms with van der Waals surface area (Å²) in [7, 11) is 0. The van der Waals surface area contributed by atoms with Gasteiger partial charge in [-0.3, -0.25) is 0 Å². The minimum absolute atomic E-state index is 0.00399. The number of hydrogen-bond acceptors (Lipinski definition) is 3. The number of nitrogens with one attached hydrogen (secondary N) is 1. The fraction of sp³-hybridized carbons (Fsp3) is 0.889. The van der Waals surface area contributed by atoms with Gasteiger partial charge in [-0.1, -0.05) is 6.92 Å². The quantitative estimate of drug-likeness (QED) is 0.689. The molecule has 0 heterocycles. The van der Waals surface area contributed by atoms with Crippen LogP contribution in [0.4, 0.5) is 4.79 Å². The van der Waals surface area contributed by atoms with Crippen LogP contribution in [0.2, 0.25) is 0 Å². The Morgan fingerprint density at radius 3 is 2.69 bits per heavy atom. The van der Waals surface area contributed by atoms with Crippen molar-refractivity contribution in [1.29, 1.82) is 0 Å². The van der Waals surface area contributed by atoms with Crippen molar-refractivity contribution in [3.63, 3.8) is 0 Å². The number of carbonyl (C=O) groups excluding carboxylic acids is 1. The SMILES string of the molecule is CCCOC(=O)NC(C)COCC. The Hall–Kier alpha value is -0.770. The molecule has 0 aliphatic rings. The maximum absolute atomic E-state index is 11.0. The van der Waals surface area contributed by atoms with E-state index in [0.29, 0.717) is 19.8 Å². The second kappa shape index (κ2) is 7.86. The molecule has 0 aliphatic carbocycles. The molecule has 0 aromatic heterocycles. The predicted octanol–water partition coefficient (Wildman–Crippen LogP) is 1.55. The summed E-state index contributed by atoms with van der Waals surface area (Å²) in [4.78, 5) is 11.0. The van der Waals surface area contributed by atoms with Crippen molar-refractivity contribution < 1.29 is 14.3 Å². The van der Waals surface area contributed by atoms with Crippen LogP contribution in [0.5, 0.6) is 0 Å². The average Bonchev–Trinajstić information content (AvgIpc) is 2.11. The number of ether oxygens (including phenoxy) is 2. The highest BCUT2D eigenvalue weighted by molar-refractivity contribution is 5.67. The third-order valence-corrected chi connectivity index (χ3v) is 1.37. The van der Waals surface area contributed by atoms with Crippen molar-refractivity contribution in [2.75, 3.05) is 19.8 Å². The first-order valence-electron chi connectivity index (χ1n) is 4.71. The van der Waals surface area contributed by atoms with Crippen LogP contribution in [0.25, 0.3) is 0 Å². The summed E-state index contributed by atoms with van der Waals surface area (Å²) in [6.07, 6.45) is 0.474. The number of amides is 1. The normalized spacial score (nSPS) is 12.2. The third-order valence-electron chi connectivity index (χ3n) is 1.37. The summed E-state index contributed by atoms with van der Waals surface area (Å²) >= 11 is 0. The zero-order chi connectivity index (χ0) is 10.1. The summed E-state index contributed by atoms with van der Waals surface area (Å²) in [5, 5.41) is 2.66. The topological polar surface area (TPSA) is 47.6 Å². The van der Waals surface area contributed by atoms with E-state index in [-0.39, 0.29) is 12.1 Å². The van der Waals surface area contributed by atoms with E-state index in [1.54, 1.807) is 0 Å². The van der Waals surface area contributed by atoms with E-state index in [4.69, 9.17) is 9.47 Å². The van der Waals surface area contributed by atoms with Crippen molar-refractivity contribution in [3.05, 3.63) is 0 Å². The van der Waals surface area contributed by atoms with E-state index in [1.807, 2.05) is 20.8 Å². The van der Waals surface area contributed by atoms with Gasteiger partial charge in [0.1, 0.15) is 0 Å². The van der Waals surface area contributed by atoms with Crippen molar-refractivity contribution in [2.24, 2.45) is 0 Å². The standard InChI is InChI=1S/C9H19NO3/c1-4-6-13-9(11)10-8(3)7-12-5-2/h8H,4-7H2,1-3H3,(H,10,11). The second-order valence-corrected chi connectivity index (χ2v) is 2.84. The Labute approximate surface area is 79.6 Å². The van der Waals surface area contributed by atoms with E-state index in [9.17, 15) is 4.79 Å². The lowest BCUT2D eigenvalue weighted by molar-refractivity contribution is 0.111. The maximum atomic E-state index is 11.0. The summed E-state index contributed by atoms with van der Waals surface area (Å²) in [5.41, 5.74) is 0. The van der Waals surface area contributed by atoms with Gasteiger partial charge >= 0.3 is 6.09 Å². The second-order valence-electron chi connectivity index (χ2n) is 2.84. The van der Waals surface area contributed by atoms with Crippen molar-refractivity contribution in [2.45, 2.75) is 33.2 Å². The van der Waals surface area contributed by atoms with Gasteiger partial charge in [0, 0.05) is 6.61 Å². The van der Waals surface area contributed by atoms with E-state index < -0.39 is 0 Å². The smallest absolute Gasteiger partial charge is 0.407 e. The van der Waals surface area contributed by atoms with Crippen LogP contribution in [0, 0.1) is 0 Å². The Balaban J connectivity index is 3.41. The van der Waals surface area contributed by atoms with Crippen LogP contribution in [-0.4, -0.2) is 32.0 Å². The minimum Gasteiger partial charge on any atom is -0.450 e. The molecule has 4 nitrogen and oxygen atoms in total. The lowest BCUT2D eigenvalue weighted by Gasteiger charge is -2.13. The van der Waals surface area contributed by atoms with Crippen molar-refractivity contribution in [3.8, 4) is 0 Å². The molecule has 1 N–H and O–H groups in total. The molecular weight excluding hydrogens is 170 g/mol. The van der Waals surface area contributed by atoms with Gasteiger partial charge < -0.3 is 14.8 Å². The minimum atomic E-state index is -0.367. The average molecular weight is 189 g/mol. The molecule has 0 bridgehead atoms. The van der Waals surface area contributed by atoms with Crippen LogP contribution < -0.4 is 5.32 Å². The van der Waals surface area contributed by atoms with Gasteiger partial charge in [-0.05, 0) is 20.3 Å². The molecule has 4 heteroatoms. The molecular formula is C9H19NO3. The monoisotopic (exact) mass is 189 g/mol. The number of carbonyl (C=O) groups is 1. The van der Waals surface area contributed by atoms with Crippen LogP contribution in [0.15, 0.2) is 0 Å². The molecule has 1 atom stereocenters. The zero-order valence-electron chi connectivity index (χ0n) is 8.63. The van der Waals surface area contributed by atoms with Crippen LogP contribution in [0.1, 0.15) is 27.2 Å². The number of hydrogen-bond donors (Lipinski definition) is 1. The van der Waals surface area contributed by atoms with Crippen LogP contribution in [-0.2, 0) is 9.47 Å². The zero-order valence-corrected chi connectivity index (χ0v) is 8.63. The molecule has 1 amide bonds. The molecule has 0 aliphatic heterocycles.